The van der Waals surface area contributed by atoms with Gasteiger partial charge in [-0.3, -0.25) is 0 Å². The third kappa shape index (κ3) is 2.68. The Morgan fingerprint density at radius 1 is 1.41 bits per heavy atom. The van der Waals surface area contributed by atoms with E-state index in [0.29, 0.717) is 0 Å². The molecular weight excluding hydrogens is 216 g/mol. The van der Waals surface area contributed by atoms with E-state index in [2.05, 4.69) is 14.9 Å². The predicted octanol–water partition coefficient (Wildman–Crippen LogP) is 1.37. The fourth-order valence-corrected chi connectivity index (χ4v) is 1.74. The fourth-order valence-electron chi connectivity index (χ4n) is 1.74. The number of hydrogen-bond donors (Lipinski definition) is 1. The summed E-state index contributed by atoms with van der Waals surface area (Å²) in [6.07, 6.45) is 5.34. The largest absolute Gasteiger partial charge is 0.472 e. The van der Waals surface area contributed by atoms with E-state index in [-0.39, 0.29) is 0 Å². The van der Waals surface area contributed by atoms with Crippen LogP contribution >= 0.6 is 0 Å². The maximum atomic E-state index is 5.01. The molecule has 0 aromatic carbocycles. The van der Waals surface area contributed by atoms with Crippen molar-refractivity contribution in [1.29, 1.82) is 0 Å². The summed E-state index contributed by atoms with van der Waals surface area (Å²) in [5, 5.41) is 3.36. The number of nitrogens with zero attached hydrogens (tertiary/aromatic N) is 3. The SMILES string of the molecule is CN(C)c1ncc(CNCc2ccoc2)n1C. The van der Waals surface area contributed by atoms with Crippen molar-refractivity contribution in [2.45, 2.75) is 13.1 Å². The van der Waals surface area contributed by atoms with Crippen molar-refractivity contribution < 1.29 is 4.42 Å². The third-order valence-electron chi connectivity index (χ3n) is 2.68. The fraction of sp³-hybridized carbons (Fsp3) is 0.417. The second-order valence-corrected chi connectivity index (χ2v) is 4.24. The minimum absolute atomic E-state index is 0.794. The Balaban J connectivity index is 1.91. The Morgan fingerprint density at radius 3 is 2.82 bits per heavy atom. The summed E-state index contributed by atoms with van der Waals surface area (Å²) < 4.78 is 7.10. The van der Waals surface area contributed by atoms with Gasteiger partial charge in [0.05, 0.1) is 24.4 Å². The Labute approximate surface area is 101 Å². The minimum Gasteiger partial charge on any atom is -0.472 e. The minimum atomic E-state index is 0.794. The van der Waals surface area contributed by atoms with Crippen molar-refractivity contribution in [3.63, 3.8) is 0 Å². The first kappa shape index (κ1) is 11.7. The lowest BCUT2D eigenvalue weighted by molar-refractivity contribution is 0.559. The van der Waals surface area contributed by atoms with Gasteiger partial charge in [-0.2, -0.15) is 0 Å². The topological polar surface area (TPSA) is 46.2 Å². The van der Waals surface area contributed by atoms with Gasteiger partial charge >= 0.3 is 0 Å². The lowest BCUT2D eigenvalue weighted by Crippen LogP contribution is -2.17. The smallest absolute Gasteiger partial charge is 0.204 e. The summed E-state index contributed by atoms with van der Waals surface area (Å²) in [6, 6.07) is 1.96. The van der Waals surface area contributed by atoms with E-state index in [1.165, 1.54) is 0 Å². The van der Waals surface area contributed by atoms with Crippen molar-refractivity contribution in [2.24, 2.45) is 7.05 Å². The van der Waals surface area contributed by atoms with Gasteiger partial charge in [0.1, 0.15) is 0 Å². The van der Waals surface area contributed by atoms with Crippen LogP contribution in [0, 0.1) is 0 Å². The molecule has 17 heavy (non-hydrogen) atoms. The van der Waals surface area contributed by atoms with Crippen LogP contribution in [0.3, 0.4) is 0 Å². The predicted molar refractivity (Wildman–Crippen MR) is 66.8 cm³/mol. The quantitative estimate of drug-likeness (QED) is 0.848. The van der Waals surface area contributed by atoms with Crippen LogP contribution in [0.1, 0.15) is 11.3 Å². The van der Waals surface area contributed by atoms with Gasteiger partial charge in [0.2, 0.25) is 5.95 Å². The van der Waals surface area contributed by atoms with E-state index in [1.54, 1.807) is 12.5 Å². The molecule has 0 bridgehead atoms. The standard InChI is InChI=1S/C12H18N4O/c1-15(2)12-14-8-11(16(12)3)7-13-6-10-4-5-17-9-10/h4-5,8-9,13H,6-7H2,1-3H3. The molecule has 0 aliphatic heterocycles. The Morgan fingerprint density at radius 2 is 2.24 bits per heavy atom. The van der Waals surface area contributed by atoms with Gasteiger partial charge in [0.15, 0.2) is 0 Å². The second kappa shape index (κ2) is 5.05. The molecule has 5 heteroatoms. The lowest BCUT2D eigenvalue weighted by atomic mass is 10.3. The second-order valence-electron chi connectivity index (χ2n) is 4.24. The first-order valence-corrected chi connectivity index (χ1v) is 5.58. The highest BCUT2D eigenvalue weighted by atomic mass is 16.3. The van der Waals surface area contributed by atoms with E-state index >= 15 is 0 Å². The van der Waals surface area contributed by atoms with Crippen LogP contribution in [0.2, 0.25) is 0 Å². The highest BCUT2D eigenvalue weighted by Gasteiger charge is 2.07. The van der Waals surface area contributed by atoms with E-state index in [4.69, 9.17) is 4.42 Å². The lowest BCUT2D eigenvalue weighted by Gasteiger charge is -2.12. The van der Waals surface area contributed by atoms with Crippen LogP contribution < -0.4 is 10.2 Å². The Hall–Kier alpha value is -1.75. The number of rotatable bonds is 5. The molecule has 2 aromatic rings. The van der Waals surface area contributed by atoms with Crippen molar-refractivity contribution in [1.82, 2.24) is 14.9 Å². The van der Waals surface area contributed by atoms with Crippen LogP contribution in [0.25, 0.3) is 0 Å². The van der Waals surface area contributed by atoms with Crippen LogP contribution in [-0.4, -0.2) is 23.6 Å². The zero-order valence-corrected chi connectivity index (χ0v) is 10.5. The van der Waals surface area contributed by atoms with E-state index in [9.17, 15) is 0 Å². The highest BCUT2D eigenvalue weighted by molar-refractivity contribution is 5.30. The summed E-state index contributed by atoms with van der Waals surface area (Å²) in [5.74, 6) is 0.963. The van der Waals surface area contributed by atoms with Gasteiger partial charge in [-0.05, 0) is 6.07 Å². The van der Waals surface area contributed by atoms with Crippen LogP contribution in [-0.2, 0) is 20.1 Å². The Bertz CT molecular complexity index is 459. The molecule has 0 aliphatic carbocycles. The van der Waals surface area contributed by atoms with Gasteiger partial charge in [0, 0.05) is 39.8 Å². The number of imidazole rings is 1. The summed E-state index contributed by atoms with van der Waals surface area (Å²) >= 11 is 0. The number of hydrogen-bond acceptors (Lipinski definition) is 4. The van der Waals surface area contributed by atoms with E-state index in [0.717, 1.165) is 30.3 Å². The first-order valence-electron chi connectivity index (χ1n) is 5.58. The molecule has 5 nitrogen and oxygen atoms in total. The molecular formula is C12H18N4O. The molecule has 92 valence electrons. The normalized spacial score (nSPS) is 10.8. The van der Waals surface area contributed by atoms with Gasteiger partial charge < -0.3 is 19.2 Å². The average molecular weight is 234 g/mol. The molecule has 0 aliphatic rings. The van der Waals surface area contributed by atoms with Crippen LogP contribution in [0.15, 0.2) is 29.2 Å². The monoisotopic (exact) mass is 234 g/mol. The molecule has 0 spiro atoms. The zero-order chi connectivity index (χ0) is 12.3. The summed E-state index contributed by atoms with van der Waals surface area (Å²) in [4.78, 5) is 6.36. The van der Waals surface area contributed by atoms with Crippen LogP contribution in [0.4, 0.5) is 5.95 Å². The van der Waals surface area contributed by atoms with Crippen molar-refractivity contribution in [2.75, 3.05) is 19.0 Å². The summed E-state index contributed by atoms with van der Waals surface area (Å²) in [7, 11) is 6.01. The van der Waals surface area contributed by atoms with Crippen molar-refractivity contribution >= 4 is 5.95 Å². The molecule has 1 N–H and O–H groups in total. The maximum absolute atomic E-state index is 5.01. The highest BCUT2D eigenvalue weighted by Crippen LogP contribution is 2.10. The molecule has 2 rings (SSSR count). The van der Waals surface area contributed by atoms with Crippen molar-refractivity contribution in [3.05, 3.63) is 36.0 Å². The third-order valence-corrected chi connectivity index (χ3v) is 2.68. The van der Waals surface area contributed by atoms with Gasteiger partial charge in [-0.25, -0.2) is 4.98 Å². The molecule has 2 aromatic heterocycles. The molecule has 0 radical (unpaired) electrons. The Kier molecular flexibility index (Phi) is 3.49. The molecule has 0 unspecified atom stereocenters. The number of nitrogens with one attached hydrogen (secondary N) is 1. The maximum Gasteiger partial charge on any atom is 0.204 e. The van der Waals surface area contributed by atoms with E-state index in [1.807, 2.05) is 38.3 Å². The van der Waals surface area contributed by atoms with Gasteiger partial charge in [-0.15, -0.1) is 0 Å². The molecule has 0 saturated heterocycles. The van der Waals surface area contributed by atoms with E-state index < -0.39 is 0 Å². The van der Waals surface area contributed by atoms with Crippen molar-refractivity contribution in [3.8, 4) is 0 Å². The average Bonchev–Trinajstić information content (AvgIpc) is 2.89. The molecule has 0 amide bonds. The number of aromatic nitrogens is 2. The molecule has 0 saturated carbocycles. The van der Waals surface area contributed by atoms with Crippen LogP contribution in [0.5, 0.6) is 0 Å². The van der Waals surface area contributed by atoms with Gasteiger partial charge in [-0.1, -0.05) is 0 Å². The summed E-state index contributed by atoms with van der Waals surface area (Å²) in [6.45, 7) is 1.60. The summed E-state index contributed by atoms with van der Waals surface area (Å²) in [5.41, 5.74) is 2.32. The zero-order valence-electron chi connectivity index (χ0n) is 10.5. The molecule has 0 fully saturated rings. The first-order chi connectivity index (χ1) is 8.18. The van der Waals surface area contributed by atoms with Gasteiger partial charge in [0.25, 0.3) is 0 Å². The number of furan rings is 1. The molecule has 0 atom stereocenters. The molecule has 2 heterocycles. The number of anilines is 1.